The van der Waals surface area contributed by atoms with Crippen molar-refractivity contribution >= 4 is 31.9 Å². The van der Waals surface area contributed by atoms with Crippen molar-refractivity contribution < 1.29 is 17.9 Å². The van der Waals surface area contributed by atoms with Crippen LogP contribution >= 0.6 is 15.9 Å². The highest BCUT2D eigenvalue weighted by molar-refractivity contribution is 9.10. The van der Waals surface area contributed by atoms with E-state index in [1.165, 1.54) is 19.2 Å². The highest BCUT2D eigenvalue weighted by atomic mass is 79.9. The molecule has 0 aliphatic carbocycles. The van der Waals surface area contributed by atoms with E-state index < -0.39 is 10.0 Å². The van der Waals surface area contributed by atoms with Crippen molar-refractivity contribution in [3.63, 3.8) is 0 Å². The predicted octanol–water partition coefficient (Wildman–Crippen LogP) is 2.17. The Kier molecular flexibility index (Phi) is 6.56. The van der Waals surface area contributed by atoms with Gasteiger partial charge in [0.25, 0.3) is 5.91 Å². The zero-order valence-electron chi connectivity index (χ0n) is 13.5. The number of benzene rings is 1. The molecule has 1 N–H and O–H groups in total. The molecule has 8 heteroatoms. The van der Waals surface area contributed by atoms with Gasteiger partial charge in [-0.1, -0.05) is 12.2 Å². The summed E-state index contributed by atoms with van der Waals surface area (Å²) in [6.07, 6.45) is 1.56. The molecule has 1 aromatic carbocycles. The summed E-state index contributed by atoms with van der Waals surface area (Å²) in [6, 6.07) is 4.46. The van der Waals surface area contributed by atoms with Crippen LogP contribution in [0.1, 0.15) is 23.2 Å². The van der Waals surface area contributed by atoms with Crippen LogP contribution in [0.2, 0.25) is 0 Å². The van der Waals surface area contributed by atoms with Crippen LogP contribution < -0.4 is 4.72 Å². The molecule has 0 saturated carbocycles. The van der Waals surface area contributed by atoms with Gasteiger partial charge in [-0.3, -0.25) is 4.79 Å². The topological polar surface area (TPSA) is 75.7 Å². The summed E-state index contributed by atoms with van der Waals surface area (Å²) in [5.74, 6) is -0.177. The summed E-state index contributed by atoms with van der Waals surface area (Å²) in [4.78, 5) is 14.5. The predicted molar refractivity (Wildman–Crippen MR) is 95.5 cm³/mol. The molecule has 24 heavy (non-hydrogen) atoms. The Labute approximate surface area is 151 Å². The fourth-order valence-corrected chi connectivity index (χ4v) is 3.85. The van der Waals surface area contributed by atoms with Crippen molar-refractivity contribution in [2.75, 3.05) is 33.4 Å². The van der Waals surface area contributed by atoms with Crippen molar-refractivity contribution in [3.05, 3.63) is 40.4 Å². The third-order valence-electron chi connectivity index (χ3n) is 3.83. The number of amides is 1. The second kappa shape index (κ2) is 8.24. The molecule has 1 aliphatic rings. The van der Waals surface area contributed by atoms with E-state index in [2.05, 4.69) is 27.2 Å². The molecule has 0 unspecified atom stereocenters. The number of hydrogen-bond donors (Lipinski definition) is 1. The number of sulfonamides is 1. The van der Waals surface area contributed by atoms with Gasteiger partial charge in [-0.05, 0) is 47.0 Å². The Morgan fingerprint density at radius 1 is 1.38 bits per heavy atom. The maximum absolute atomic E-state index is 12.7. The van der Waals surface area contributed by atoms with Crippen molar-refractivity contribution in [2.24, 2.45) is 0 Å². The Morgan fingerprint density at radius 3 is 2.67 bits per heavy atom. The van der Waals surface area contributed by atoms with Crippen LogP contribution in [0.3, 0.4) is 0 Å². The van der Waals surface area contributed by atoms with Crippen molar-refractivity contribution in [2.45, 2.75) is 17.7 Å². The summed E-state index contributed by atoms with van der Waals surface area (Å²) in [5.41, 5.74) is 1.48. The lowest BCUT2D eigenvalue weighted by molar-refractivity contribution is 0.0742. The summed E-state index contributed by atoms with van der Waals surface area (Å²) < 4.78 is 32.4. The lowest BCUT2D eigenvalue weighted by atomic mass is 10.0. The zero-order valence-corrected chi connectivity index (χ0v) is 16.0. The molecule has 1 aromatic rings. The van der Waals surface area contributed by atoms with Gasteiger partial charge in [0.05, 0.1) is 17.1 Å². The van der Waals surface area contributed by atoms with Crippen LogP contribution in [0.15, 0.2) is 39.7 Å². The minimum Gasteiger partial charge on any atom is -0.383 e. The van der Waals surface area contributed by atoms with Gasteiger partial charge in [-0.25, -0.2) is 13.1 Å². The largest absolute Gasteiger partial charge is 0.383 e. The zero-order chi connectivity index (χ0) is 17.7. The number of nitrogens with zero attached hydrogens (tertiary/aromatic N) is 1. The van der Waals surface area contributed by atoms with E-state index in [4.69, 9.17) is 4.74 Å². The van der Waals surface area contributed by atoms with E-state index in [9.17, 15) is 13.2 Å². The number of ether oxygens (including phenoxy) is 1. The number of nitrogens with one attached hydrogen (secondary N) is 1. The number of rotatable bonds is 6. The minimum atomic E-state index is -3.68. The summed E-state index contributed by atoms with van der Waals surface area (Å²) in [5, 5.41) is 0. The lowest BCUT2D eigenvalue weighted by Gasteiger charge is -2.28. The Bertz CT molecular complexity index is 724. The fraction of sp³-hybridized carbons (Fsp3) is 0.438. The van der Waals surface area contributed by atoms with Crippen molar-refractivity contribution in [1.82, 2.24) is 9.62 Å². The number of carbonyl (C=O) groups is 1. The SMILES string of the molecule is C=C1CCN(C(=O)c2cc(S(=O)(=O)NCCOC)ccc2Br)CC1. The van der Waals surface area contributed by atoms with Gasteiger partial charge in [0, 0.05) is 31.2 Å². The van der Waals surface area contributed by atoms with E-state index in [1.807, 2.05) is 0 Å². The smallest absolute Gasteiger partial charge is 0.255 e. The fourth-order valence-electron chi connectivity index (χ4n) is 2.39. The molecule has 2 rings (SSSR count). The van der Waals surface area contributed by atoms with Gasteiger partial charge >= 0.3 is 0 Å². The first-order chi connectivity index (χ1) is 11.3. The molecule has 1 fully saturated rings. The van der Waals surface area contributed by atoms with Gasteiger partial charge < -0.3 is 9.64 Å². The minimum absolute atomic E-state index is 0.0616. The monoisotopic (exact) mass is 416 g/mol. The first-order valence-corrected chi connectivity index (χ1v) is 9.87. The second-order valence-corrected chi connectivity index (χ2v) is 8.20. The average Bonchev–Trinajstić information content (AvgIpc) is 2.55. The molecule has 1 amide bonds. The van der Waals surface area contributed by atoms with E-state index >= 15 is 0 Å². The number of halogens is 1. The third-order valence-corrected chi connectivity index (χ3v) is 5.98. The number of hydrogen-bond acceptors (Lipinski definition) is 4. The molecular weight excluding hydrogens is 396 g/mol. The third kappa shape index (κ3) is 4.66. The van der Waals surface area contributed by atoms with E-state index in [1.54, 1.807) is 11.0 Å². The molecule has 0 radical (unpaired) electrons. The van der Waals surface area contributed by atoms with Crippen LogP contribution in [0, 0.1) is 0 Å². The number of methoxy groups -OCH3 is 1. The van der Waals surface area contributed by atoms with E-state index in [-0.39, 0.29) is 24.0 Å². The van der Waals surface area contributed by atoms with Gasteiger partial charge in [0.2, 0.25) is 10.0 Å². The highest BCUT2D eigenvalue weighted by Gasteiger charge is 2.23. The Balaban J connectivity index is 2.22. The first-order valence-electron chi connectivity index (χ1n) is 7.59. The number of carbonyl (C=O) groups excluding carboxylic acids is 1. The maximum Gasteiger partial charge on any atom is 0.255 e. The second-order valence-electron chi connectivity index (χ2n) is 5.57. The van der Waals surface area contributed by atoms with Crippen molar-refractivity contribution in [3.8, 4) is 0 Å². The molecule has 1 heterocycles. The normalized spacial score (nSPS) is 15.6. The molecule has 132 valence electrons. The van der Waals surface area contributed by atoms with E-state index in [0.29, 0.717) is 23.1 Å². The van der Waals surface area contributed by atoms with Crippen LogP contribution in [0.5, 0.6) is 0 Å². The van der Waals surface area contributed by atoms with Gasteiger partial charge in [0.1, 0.15) is 0 Å². The van der Waals surface area contributed by atoms with Gasteiger partial charge in [-0.2, -0.15) is 0 Å². The molecule has 0 spiro atoms. The maximum atomic E-state index is 12.7. The summed E-state index contributed by atoms with van der Waals surface area (Å²) in [6.45, 7) is 5.59. The Morgan fingerprint density at radius 2 is 2.04 bits per heavy atom. The van der Waals surface area contributed by atoms with Gasteiger partial charge in [-0.15, -0.1) is 0 Å². The quantitative estimate of drug-likeness (QED) is 0.569. The summed E-state index contributed by atoms with van der Waals surface area (Å²) in [7, 11) is -2.18. The van der Waals surface area contributed by atoms with E-state index in [0.717, 1.165) is 18.4 Å². The number of likely N-dealkylation sites (tertiary alicyclic amines) is 1. The molecular formula is C16H21BrN2O4S. The Hall–Kier alpha value is -1.22. The highest BCUT2D eigenvalue weighted by Crippen LogP contribution is 2.24. The standard InChI is InChI=1S/C16H21BrN2O4S/c1-12-5-8-19(9-6-12)16(20)14-11-13(3-4-15(14)17)24(21,22)18-7-10-23-2/h3-4,11,18H,1,5-10H2,2H3. The van der Waals surface area contributed by atoms with Crippen LogP contribution in [0.4, 0.5) is 0 Å². The molecule has 1 aliphatic heterocycles. The van der Waals surface area contributed by atoms with Crippen LogP contribution in [0.25, 0.3) is 0 Å². The molecule has 6 nitrogen and oxygen atoms in total. The van der Waals surface area contributed by atoms with Crippen molar-refractivity contribution in [1.29, 1.82) is 0 Å². The molecule has 0 bridgehead atoms. The molecule has 1 saturated heterocycles. The summed E-state index contributed by atoms with van der Waals surface area (Å²) >= 11 is 3.34. The van der Waals surface area contributed by atoms with Gasteiger partial charge in [0.15, 0.2) is 0 Å². The number of piperidine rings is 1. The lowest BCUT2D eigenvalue weighted by Crippen LogP contribution is -2.36. The molecule has 0 aromatic heterocycles. The van der Waals surface area contributed by atoms with Crippen LogP contribution in [-0.4, -0.2) is 52.6 Å². The average molecular weight is 417 g/mol. The molecule has 0 atom stereocenters. The first kappa shape index (κ1) is 19.1. The van der Waals surface area contributed by atoms with Crippen LogP contribution in [-0.2, 0) is 14.8 Å².